The Morgan fingerprint density at radius 3 is 2.15 bits per heavy atom. The fourth-order valence-electron chi connectivity index (χ4n) is 9.87. The van der Waals surface area contributed by atoms with Crippen molar-refractivity contribution in [1.82, 2.24) is 15.5 Å². The van der Waals surface area contributed by atoms with E-state index in [1.807, 2.05) is 65.6 Å². The van der Waals surface area contributed by atoms with Crippen LogP contribution in [0.4, 0.5) is 10.5 Å². The van der Waals surface area contributed by atoms with Gasteiger partial charge in [-0.3, -0.25) is 19.3 Å². The predicted octanol–water partition coefficient (Wildman–Crippen LogP) is 6.34. The molecule has 5 aromatic rings. The molecule has 2 saturated heterocycles. The Morgan fingerprint density at radius 2 is 1.50 bits per heavy atom. The smallest absolute Gasteiger partial charge is 0.329 e. The summed E-state index contributed by atoms with van der Waals surface area (Å²) in [5.41, 5.74) is 0.997. The van der Waals surface area contributed by atoms with E-state index in [4.69, 9.17) is 18.9 Å². The van der Waals surface area contributed by atoms with Crippen molar-refractivity contribution in [3.63, 3.8) is 0 Å². The lowest BCUT2D eigenvalue weighted by molar-refractivity contribution is -0.178. The summed E-state index contributed by atoms with van der Waals surface area (Å²) in [5.74, 6) is 2.18. The van der Waals surface area contributed by atoms with Crippen LogP contribution in [0, 0.1) is 23.7 Å². The first-order valence-electron chi connectivity index (χ1n) is 22.3. The molecule has 5 aromatic carbocycles. The second kappa shape index (κ2) is 20.0. The van der Waals surface area contributed by atoms with Crippen LogP contribution in [-0.4, -0.2) is 85.9 Å². The van der Waals surface area contributed by atoms with Gasteiger partial charge in [-0.05, 0) is 71.1 Å². The molecule has 1 spiro atoms. The Balaban J connectivity index is 1.47. The number of aliphatic hydroxyl groups excluding tert-OH is 1. The third-order valence-electron chi connectivity index (χ3n) is 12.8. The number of anilines is 1. The van der Waals surface area contributed by atoms with Crippen molar-refractivity contribution < 1.29 is 48.0 Å². The summed E-state index contributed by atoms with van der Waals surface area (Å²) in [7, 11) is 2.77. The van der Waals surface area contributed by atoms with Gasteiger partial charge in [-0.1, -0.05) is 111 Å². The SMILES string of the molecule is C=CCNC(=O)[C@@H]1[C@H]2C(=O)O[C@H](c3ccccc3)[C@H](c3ccccc3)N2[C@H](c2ccccc2OCCO)[C@@]12C(=O)N(C(=O)N[C@H](C(=O)OC)C(C)C)c1ccc(C#Cc3ccc(OC)cc3)cc12. The average molecular weight is 917 g/mol. The van der Waals surface area contributed by atoms with E-state index in [1.165, 1.54) is 13.2 Å². The predicted molar refractivity (Wildman–Crippen MR) is 252 cm³/mol. The number of esters is 2. The Kier molecular flexibility index (Phi) is 13.8. The second-order valence-corrected chi connectivity index (χ2v) is 17.0. The van der Waals surface area contributed by atoms with Gasteiger partial charge < -0.3 is 34.7 Å². The Hall–Kier alpha value is -7.73. The minimum absolute atomic E-state index is 0.0311. The maximum absolute atomic E-state index is 16.6. The van der Waals surface area contributed by atoms with Crippen molar-refractivity contribution >= 4 is 35.5 Å². The number of nitrogens with one attached hydrogen (secondary N) is 2. The molecule has 0 aliphatic carbocycles. The number of benzene rings is 5. The quantitative estimate of drug-likeness (QED) is 0.0684. The molecule has 0 radical (unpaired) electrons. The van der Waals surface area contributed by atoms with Crippen molar-refractivity contribution in [3.8, 4) is 23.3 Å². The van der Waals surface area contributed by atoms with Crippen LogP contribution in [0.15, 0.2) is 140 Å². The molecule has 2 fully saturated rings. The van der Waals surface area contributed by atoms with Gasteiger partial charge >= 0.3 is 18.0 Å². The van der Waals surface area contributed by atoms with E-state index < -0.39 is 77.3 Å². The summed E-state index contributed by atoms with van der Waals surface area (Å²) in [6.45, 7) is 6.76. The molecule has 7 atom stereocenters. The van der Waals surface area contributed by atoms with E-state index in [0.29, 0.717) is 33.6 Å². The summed E-state index contributed by atoms with van der Waals surface area (Å²) in [6, 6.07) is 31.9. The minimum Gasteiger partial charge on any atom is -0.497 e. The summed E-state index contributed by atoms with van der Waals surface area (Å²) < 4.78 is 23.2. The first-order valence-corrected chi connectivity index (χ1v) is 22.3. The molecule has 3 aliphatic heterocycles. The van der Waals surface area contributed by atoms with Crippen molar-refractivity contribution in [3.05, 3.63) is 173 Å². The van der Waals surface area contributed by atoms with E-state index in [-0.39, 0.29) is 36.8 Å². The van der Waals surface area contributed by atoms with Crippen molar-refractivity contribution in [2.24, 2.45) is 11.8 Å². The highest BCUT2D eigenvalue weighted by atomic mass is 16.6. The molecular weight excluding hydrogens is 865 g/mol. The number of morpholine rings is 1. The lowest BCUT2D eigenvalue weighted by Crippen LogP contribution is -2.57. The van der Waals surface area contributed by atoms with Gasteiger partial charge in [-0.15, -0.1) is 6.58 Å². The first kappa shape index (κ1) is 46.8. The zero-order valence-electron chi connectivity index (χ0n) is 38.1. The second-order valence-electron chi connectivity index (χ2n) is 17.0. The van der Waals surface area contributed by atoms with E-state index >= 15 is 19.2 Å². The molecule has 4 amide bonds. The van der Waals surface area contributed by atoms with Crippen LogP contribution >= 0.6 is 0 Å². The fourth-order valence-corrected chi connectivity index (χ4v) is 9.87. The summed E-state index contributed by atoms with van der Waals surface area (Å²) >= 11 is 0. The van der Waals surface area contributed by atoms with Crippen LogP contribution in [0.5, 0.6) is 11.5 Å². The van der Waals surface area contributed by atoms with Crippen LogP contribution in [0.3, 0.4) is 0 Å². The van der Waals surface area contributed by atoms with Crippen molar-refractivity contribution in [1.29, 1.82) is 0 Å². The zero-order chi connectivity index (χ0) is 48.1. The number of aliphatic hydroxyl groups is 1. The molecule has 0 saturated carbocycles. The molecule has 0 bridgehead atoms. The van der Waals surface area contributed by atoms with Crippen LogP contribution in [0.1, 0.15) is 65.4 Å². The number of cyclic esters (lactones) is 1. The number of imide groups is 1. The molecule has 14 nitrogen and oxygen atoms in total. The molecule has 3 heterocycles. The van der Waals surface area contributed by atoms with Crippen LogP contribution in [0.25, 0.3) is 0 Å². The minimum atomic E-state index is -2.14. The molecule has 8 rings (SSSR count). The maximum Gasteiger partial charge on any atom is 0.329 e. The van der Waals surface area contributed by atoms with Crippen molar-refractivity contribution in [2.75, 3.05) is 38.9 Å². The number of nitrogens with zero attached hydrogens (tertiary/aromatic N) is 2. The van der Waals surface area contributed by atoms with Crippen molar-refractivity contribution in [2.45, 2.75) is 49.5 Å². The molecule has 3 N–H and O–H groups in total. The third kappa shape index (κ3) is 8.35. The number of methoxy groups -OCH3 is 2. The number of amides is 4. The molecule has 0 unspecified atom stereocenters. The fraction of sp³-hybridized carbons (Fsp3) is 0.278. The van der Waals surface area contributed by atoms with Gasteiger partial charge in [0.2, 0.25) is 11.8 Å². The zero-order valence-corrected chi connectivity index (χ0v) is 38.1. The van der Waals surface area contributed by atoms with E-state index in [1.54, 1.807) is 87.7 Å². The molecule has 68 heavy (non-hydrogen) atoms. The molecule has 14 heteroatoms. The summed E-state index contributed by atoms with van der Waals surface area (Å²) in [4.78, 5) is 78.3. The van der Waals surface area contributed by atoms with Crippen LogP contribution in [-0.2, 0) is 34.1 Å². The molecule has 3 aliphatic rings. The first-order chi connectivity index (χ1) is 33.0. The van der Waals surface area contributed by atoms with Gasteiger partial charge in [-0.2, -0.15) is 0 Å². The highest BCUT2D eigenvalue weighted by Gasteiger charge is 2.76. The highest BCUT2D eigenvalue weighted by molar-refractivity contribution is 6.25. The topological polar surface area (TPSA) is 173 Å². The Bertz CT molecular complexity index is 2770. The van der Waals surface area contributed by atoms with Gasteiger partial charge in [0.15, 0.2) is 0 Å². The number of rotatable bonds is 13. The highest BCUT2D eigenvalue weighted by Crippen LogP contribution is 2.66. The standard InChI is InChI=1S/C54H52N4O10/c1-6-29-55-49(60)43-46-51(62)68-47(37-17-11-8-12-18-37)45(36-15-9-7-10-16-36)58(46)48(39-19-13-14-20-42(39)67-31-30-59)54(43)40-32-35(22-21-34-23-26-38(65-4)27-24-34)25-28-41(40)57(52(54)63)53(64)56-44(33(2)3)50(61)66-5/h6-20,23-28,32-33,43-48,59H,1,29-31H2,2-5H3,(H,55,60)(H,56,64)/t43-,44-,45-,46-,47+,48+,54-/m0/s1. The Morgan fingerprint density at radius 1 is 0.853 bits per heavy atom. The van der Waals surface area contributed by atoms with E-state index in [9.17, 15) is 9.90 Å². The number of carbonyl (C=O) groups is 5. The molecule has 348 valence electrons. The lowest BCUT2D eigenvalue weighted by Gasteiger charge is -2.46. The number of urea groups is 1. The van der Waals surface area contributed by atoms with Gasteiger partial charge in [-0.25, -0.2) is 14.5 Å². The lowest BCUT2D eigenvalue weighted by atomic mass is 9.65. The normalized spacial score (nSPS) is 22.0. The van der Waals surface area contributed by atoms with Gasteiger partial charge in [0.05, 0.1) is 44.5 Å². The number of fused-ring (bicyclic) bond motifs is 3. The molecular formula is C54H52N4O10. The number of hydrogen-bond acceptors (Lipinski definition) is 11. The molecule has 0 aromatic heterocycles. The number of carbonyl (C=O) groups excluding carboxylic acids is 5. The largest absolute Gasteiger partial charge is 0.497 e. The van der Waals surface area contributed by atoms with Crippen LogP contribution < -0.4 is 25.0 Å². The van der Waals surface area contributed by atoms with Gasteiger partial charge in [0.1, 0.15) is 41.7 Å². The van der Waals surface area contributed by atoms with Gasteiger partial charge in [0.25, 0.3) is 0 Å². The van der Waals surface area contributed by atoms with Gasteiger partial charge in [0, 0.05) is 23.2 Å². The monoisotopic (exact) mass is 916 g/mol. The third-order valence-corrected chi connectivity index (χ3v) is 12.8. The van der Waals surface area contributed by atoms with E-state index in [2.05, 4.69) is 29.1 Å². The van der Waals surface area contributed by atoms with Crippen LogP contribution in [0.2, 0.25) is 0 Å². The average Bonchev–Trinajstić information content (AvgIpc) is 3.82. The Labute approximate surface area is 394 Å². The summed E-state index contributed by atoms with van der Waals surface area (Å²) in [5, 5.41) is 15.7. The maximum atomic E-state index is 16.6. The summed E-state index contributed by atoms with van der Waals surface area (Å²) in [6.07, 6.45) is 0.520. The number of hydrogen-bond donors (Lipinski definition) is 3. The number of ether oxygens (including phenoxy) is 4. The van der Waals surface area contributed by atoms with E-state index in [0.717, 1.165) is 4.90 Å². The number of para-hydroxylation sites is 1.